The monoisotopic (exact) mass is 745 g/mol. The Kier molecular flexibility index (Phi) is 58.2. The molecule has 6 rings (SSSR count). The number of hydrogen-bond acceptors (Lipinski definition) is 0. The normalized spacial score (nSPS) is 8.13. The van der Waals surface area contributed by atoms with E-state index >= 15 is 0 Å². The fourth-order valence-electron chi connectivity index (χ4n) is 3.67. The van der Waals surface area contributed by atoms with E-state index in [2.05, 4.69) is 114 Å². The Labute approximate surface area is 344 Å². The van der Waals surface area contributed by atoms with Crippen LogP contribution in [0.1, 0.15) is 145 Å². The fraction of sp³-hybridized carbons (Fsp3) is 0.345. The first-order valence-electron chi connectivity index (χ1n) is 21.1. The Morgan fingerprint density at radius 1 is 0.182 bits per heavy atom. The lowest BCUT2D eigenvalue weighted by Gasteiger charge is -2.01. The summed E-state index contributed by atoms with van der Waals surface area (Å²) in [7, 11) is 0. The van der Waals surface area contributed by atoms with Crippen molar-refractivity contribution in [2.45, 2.75) is 129 Å². The van der Waals surface area contributed by atoms with Crippen molar-refractivity contribution >= 4 is 0 Å². The van der Waals surface area contributed by atoms with Crippen LogP contribution in [0.2, 0.25) is 0 Å². The lowest BCUT2D eigenvalue weighted by molar-refractivity contribution is 0.867. The van der Waals surface area contributed by atoms with Gasteiger partial charge in [-0.3, -0.25) is 0 Å². The molecule has 0 fully saturated rings. The van der Waals surface area contributed by atoms with E-state index in [1.54, 1.807) is 0 Å². The molecule has 0 heteroatoms. The first-order chi connectivity index (χ1) is 26.9. The van der Waals surface area contributed by atoms with Crippen molar-refractivity contribution in [1.82, 2.24) is 0 Å². The highest BCUT2D eigenvalue weighted by atomic mass is 14.0. The number of hydrogen-bond donors (Lipinski definition) is 0. The third kappa shape index (κ3) is 45.4. The van der Waals surface area contributed by atoms with Crippen LogP contribution in [0.25, 0.3) is 0 Å². The zero-order valence-electron chi connectivity index (χ0n) is 38.3. The second kappa shape index (κ2) is 53.7. The average molecular weight is 745 g/mol. The zero-order valence-corrected chi connectivity index (χ0v) is 38.3. The van der Waals surface area contributed by atoms with Crippen LogP contribution in [0, 0.1) is 0 Å². The van der Waals surface area contributed by atoms with E-state index in [0.717, 1.165) is 0 Å². The molecule has 0 radical (unpaired) electrons. The highest BCUT2D eigenvalue weighted by Gasteiger charge is 1.95. The van der Waals surface area contributed by atoms with Gasteiger partial charge in [-0.1, -0.05) is 311 Å². The Bertz CT molecular complexity index is 1100. The lowest BCUT2D eigenvalue weighted by Crippen LogP contribution is -1.83. The molecule has 0 aromatic heterocycles. The third-order valence-corrected chi connectivity index (χ3v) is 6.40. The van der Waals surface area contributed by atoms with Crippen molar-refractivity contribution in [3.05, 3.63) is 217 Å². The number of rotatable bonds is 3. The van der Waals surface area contributed by atoms with Gasteiger partial charge in [0.15, 0.2) is 0 Å². The first kappa shape index (κ1) is 59.6. The van der Waals surface area contributed by atoms with Crippen molar-refractivity contribution in [2.75, 3.05) is 0 Å². The van der Waals surface area contributed by atoms with Crippen LogP contribution >= 0.6 is 0 Å². The molecular formula is C55H84. The Morgan fingerprint density at radius 2 is 0.273 bits per heavy atom. The standard InChI is InChI=1S/3C9H12.3C6H6.5C2H6/c3*1-8(2)9-6-4-3-5-7-9;3*1-2-4-6-5-3-1;5*1-2/h3*3-8H,1-2H3;3*1-6H;5*1-2H3. The molecular weight excluding hydrogens is 661 g/mol. The maximum Gasteiger partial charge on any atom is -0.0219 e. The summed E-state index contributed by atoms with van der Waals surface area (Å²) in [4.78, 5) is 0. The van der Waals surface area contributed by atoms with Crippen molar-refractivity contribution < 1.29 is 0 Å². The van der Waals surface area contributed by atoms with Crippen LogP contribution in [0.3, 0.4) is 0 Å². The van der Waals surface area contributed by atoms with Gasteiger partial charge in [0.05, 0.1) is 0 Å². The molecule has 0 bridgehead atoms. The smallest absolute Gasteiger partial charge is 0.0219 e. The lowest BCUT2D eigenvalue weighted by atomic mass is 10.0. The second-order valence-corrected chi connectivity index (χ2v) is 11.2. The van der Waals surface area contributed by atoms with Gasteiger partial charge in [0.2, 0.25) is 0 Å². The molecule has 0 amide bonds. The SMILES string of the molecule is CC.CC.CC.CC.CC.CC(C)c1ccccc1.CC(C)c1ccccc1.CC(C)c1ccccc1.c1ccccc1.c1ccccc1.c1ccccc1. The summed E-state index contributed by atoms with van der Waals surface area (Å²) in [6, 6.07) is 67.6. The van der Waals surface area contributed by atoms with Gasteiger partial charge in [-0.2, -0.15) is 0 Å². The summed E-state index contributed by atoms with van der Waals surface area (Å²) in [5.74, 6) is 1.98. The van der Waals surface area contributed by atoms with Crippen LogP contribution in [0.15, 0.2) is 200 Å². The summed E-state index contributed by atoms with van der Waals surface area (Å²) in [6.07, 6.45) is 0. The molecule has 0 aliphatic carbocycles. The summed E-state index contributed by atoms with van der Waals surface area (Å²) in [5, 5.41) is 0. The minimum Gasteiger partial charge on any atom is -0.0683 e. The predicted octanol–water partition coefficient (Wildman–Crippen LogP) is 18.6. The third-order valence-electron chi connectivity index (χ3n) is 6.40. The summed E-state index contributed by atoms with van der Waals surface area (Å²) in [5.41, 5.74) is 4.24. The molecule has 0 saturated carbocycles. The molecule has 0 N–H and O–H groups in total. The van der Waals surface area contributed by atoms with Crippen LogP contribution < -0.4 is 0 Å². The van der Waals surface area contributed by atoms with E-state index in [4.69, 9.17) is 0 Å². The van der Waals surface area contributed by atoms with Gasteiger partial charge in [-0.05, 0) is 34.4 Å². The van der Waals surface area contributed by atoms with Crippen LogP contribution in [0.5, 0.6) is 0 Å². The van der Waals surface area contributed by atoms with Gasteiger partial charge in [0.1, 0.15) is 0 Å². The molecule has 0 saturated heterocycles. The van der Waals surface area contributed by atoms with E-state index in [-0.39, 0.29) is 0 Å². The molecule has 0 unspecified atom stereocenters. The van der Waals surface area contributed by atoms with Crippen LogP contribution in [-0.4, -0.2) is 0 Å². The topological polar surface area (TPSA) is 0 Å². The average Bonchev–Trinajstić information content (AvgIpc) is 3.31. The van der Waals surface area contributed by atoms with Gasteiger partial charge in [-0.25, -0.2) is 0 Å². The Balaban J connectivity index is -0.000000175. The second-order valence-electron chi connectivity index (χ2n) is 11.2. The van der Waals surface area contributed by atoms with E-state index in [0.29, 0.717) is 17.8 Å². The molecule has 0 aliphatic heterocycles. The van der Waals surface area contributed by atoms with Crippen molar-refractivity contribution in [2.24, 2.45) is 0 Å². The molecule has 0 nitrogen and oxygen atoms in total. The van der Waals surface area contributed by atoms with E-state index in [9.17, 15) is 0 Å². The van der Waals surface area contributed by atoms with Crippen molar-refractivity contribution in [3.63, 3.8) is 0 Å². The summed E-state index contributed by atoms with van der Waals surface area (Å²) in [6.45, 7) is 33.2. The molecule has 0 aliphatic rings. The molecule has 0 spiro atoms. The molecule has 0 heterocycles. The highest BCUT2D eigenvalue weighted by Crippen LogP contribution is 2.13. The van der Waals surface area contributed by atoms with Crippen LogP contribution in [-0.2, 0) is 0 Å². The fourth-order valence-corrected chi connectivity index (χ4v) is 3.67. The molecule has 0 atom stereocenters. The van der Waals surface area contributed by atoms with Gasteiger partial charge >= 0.3 is 0 Å². The van der Waals surface area contributed by atoms with Crippen molar-refractivity contribution in [1.29, 1.82) is 0 Å². The summed E-state index contributed by atoms with van der Waals surface area (Å²) >= 11 is 0. The zero-order chi connectivity index (χ0) is 42.8. The van der Waals surface area contributed by atoms with E-state index < -0.39 is 0 Å². The molecule has 304 valence electrons. The van der Waals surface area contributed by atoms with Gasteiger partial charge < -0.3 is 0 Å². The molecule has 6 aromatic rings. The Morgan fingerprint density at radius 3 is 0.345 bits per heavy atom. The maximum atomic E-state index is 2.20. The molecule has 6 aromatic carbocycles. The largest absolute Gasteiger partial charge is 0.0683 e. The minimum atomic E-state index is 0.659. The van der Waals surface area contributed by atoms with E-state index in [1.807, 2.05) is 197 Å². The quantitative estimate of drug-likeness (QED) is 0.169. The van der Waals surface area contributed by atoms with Crippen LogP contribution in [0.4, 0.5) is 0 Å². The van der Waals surface area contributed by atoms with Crippen molar-refractivity contribution in [3.8, 4) is 0 Å². The highest BCUT2D eigenvalue weighted by molar-refractivity contribution is 5.19. The predicted molar refractivity (Wildman–Crippen MR) is 258 cm³/mol. The first-order valence-corrected chi connectivity index (χ1v) is 21.1. The van der Waals surface area contributed by atoms with Gasteiger partial charge in [0, 0.05) is 0 Å². The van der Waals surface area contributed by atoms with Gasteiger partial charge in [-0.15, -0.1) is 0 Å². The maximum absolute atomic E-state index is 2.20. The van der Waals surface area contributed by atoms with Gasteiger partial charge in [0.25, 0.3) is 0 Å². The number of benzene rings is 6. The summed E-state index contributed by atoms with van der Waals surface area (Å²) < 4.78 is 0. The molecule has 55 heavy (non-hydrogen) atoms. The minimum absolute atomic E-state index is 0.659. The Hall–Kier alpha value is -4.68. The van der Waals surface area contributed by atoms with E-state index in [1.165, 1.54) is 16.7 Å².